The number of benzene rings is 15. The fourth-order valence-electron chi connectivity index (χ4n) is 12.5. The molecule has 0 aromatic heterocycles. The van der Waals surface area contributed by atoms with Crippen LogP contribution in [0.3, 0.4) is 0 Å². The molecule has 106 heavy (non-hydrogen) atoms. The summed E-state index contributed by atoms with van der Waals surface area (Å²) in [5.74, 6) is 0. The molecule has 15 aromatic carbocycles. The predicted molar refractivity (Wildman–Crippen MR) is 449 cm³/mol. The summed E-state index contributed by atoms with van der Waals surface area (Å²) in [6.07, 6.45) is 0. The molecule has 0 heterocycles. The van der Waals surface area contributed by atoms with Crippen molar-refractivity contribution in [3.05, 3.63) is 493 Å². The number of hydrogen-bond donors (Lipinski definition) is 0. The number of rotatable bonds is 21. The molecule has 0 aliphatic heterocycles. The number of aliphatic imine (C=N–C) groups is 7. The fourth-order valence-corrected chi connectivity index (χ4v) is 13.2. The Kier molecular flexibility index (Phi) is 21.6. The van der Waals surface area contributed by atoms with Gasteiger partial charge in [0, 0.05) is 86.8 Å². The highest BCUT2D eigenvalue weighted by atomic mass is 79.9. The van der Waals surface area contributed by atoms with E-state index in [4.69, 9.17) is 34.9 Å². The van der Waals surface area contributed by atoms with Crippen molar-refractivity contribution in [2.45, 2.75) is 0 Å². The summed E-state index contributed by atoms with van der Waals surface area (Å²) in [6.45, 7) is 0. The molecule has 504 valence electrons. The number of nitrogens with zero attached hydrogens (tertiary/aromatic N) is 7. The van der Waals surface area contributed by atoms with Gasteiger partial charge in [-0.1, -0.05) is 331 Å². The van der Waals surface area contributed by atoms with Crippen molar-refractivity contribution in [1.29, 1.82) is 0 Å². The Balaban J connectivity index is 0.794. The molecule has 0 unspecified atom stereocenters. The third-order valence-corrected chi connectivity index (χ3v) is 19.0. The zero-order chi connectivity index (χ0) is 71.6. The summed E-state index contributed by atoms with van der Waals surface area (Å²) in [5.41, 5.74) is 25.2. The zero-order valence-corrected chi connectivity index (χ0v) is 60.7. The lowest BCUT2D eigenvalue weighted by Crippen LogP contribution is -2.05. The first-order chi connectivity index (χ1) is 52.3. The van der Waals surface area contributed by atoms with Crippen LogP contribution in [0.15, 0.2) is 450 Å². The van der Waals surface area contributed by atoms with Crippen LogP contribution < -0.4 is 0 Å². The lowest BCUT2D eigenvalue weighted by Gasteiger charge is -2.13. The van der Waals surface area contributed by atoms with Crippen LogP contribution in [0.1, 0.15) is 77.9 Å². The van der Waals surface area contributed by atoms with E-state index in [9.17, 15) is 0 Å². The molecule has 9 heteroatoms. The minimum absolute atomic E-state index is 0.759. The monoisotopic (exact) mass is 1490 g/mol. The smallest absolute Gasteiger partial charge is 0.0790 e. The summed E-state index contributed by atoms with van der Waals surface area (Å²) in [5, 5.41) is 0. The normalized spacial score (nSPS) is 10.7. The van der Waals surface area contributed by atoms with Crippen LogP contribution in [-0.4, -0.2) is 40.0 Å². The van der Waals surface area contributed by atoms with Crippen LogP contribution in [-0.2, 0) is 0 Å². The first kappa shape index (κ1) is 68.7. The van der Waals surface area contributed by atoms with Crippen molar-refractivity contribution in [2.24, 2.45) is 34.9 Å². The maximum atomic E-state index is 5.49. The maximum absolute atomic E-state index is 5.49. The Labute approximate surface area is 635 Å². The minimum atomic E-state index is 0.759. The highest BCUT2D eigenvalue weighted by molar-refractivity contribution is 9.11. The summed E-state index contributed by atoms with van der Waals surface area (Å²) < 4.78 is 1.76. The topological polar surface area (TPSA) is 86.5 Å². The summed E-state index contributed by atoms with van der Waals surface area (Å²) >= 11 is 7.56. The van der Waals surface area contributed by atoms with Crippen molar-refractivity contribution < 1.29 is 0 Å². The van der Waals surface area contributed by atoms with Gasteiger partial charge in [0.05, 0.1) is 79.8 Å². The van der Waals surface area contributed by atoms with Gasteiger partial charge in [-0.15, -0.1) is 0 Å². The van der Waals surface area contributed by atoms with Crippen LogP contribution in [0, 0.1) is 0 Å². The van der Waals surface area contributed by atoms with Crippen LogP contribution in [0.25, 0.3) is 0 Å². The van der Waals surface area contributed by atoms with E-state index in [1.165, 1.54) is 0 Å². The van der Waals surface area contributed by atoms with E-state index < -0.39 is 0 Å². The first-order valence-corrected chi connectivity index (χ1v) is 36.5. The summed E-state index contributed by atoms with van der Waals surface area (Å²) in [7, 11) is 0. The second-order valence-electron chi connectivity index (χ2n) is 25.0. The Morgan fingerprint density at radius 3 is 0.472 bits per heavy atom. The van der Waals surface area contributed by atoms with Crippen molar-refractivity contribution in [2.75, 3.05) is 0 Å². The fraction of sp³-hybridized carbons (Fsp3) is 0. The van der Waals surface area contributed by atoms with Gasteiger partial charge in [0.15, 0.2) is 0 Å². The first-order valence-electron chi connectivity index (χ1n) is 35.0. The van der Waals surface area contributed by atoms with Crippen molar-refractivity contribution >= 4 is 112 Å². The van der Waals surface area contributed by atoms with Crippen LogP contribution in [0.2, 0.25) is 0 Å². The lowest BCUT2D eigenvalue weighted by molar-refractivity contribution is 1.42. The lowest BCUT2D eigenvalue weighted by atomic mass is 9.99. The Bertz CT molecular complexity index is 4930. The molecule has 0 aliphatic rings. The highest BCUT2D eigenvalue weighted by Gasteiger charge is 2.18. The van der Waals surface area contributed by atoms with Crippen molar-refractivity contribution in [3.63, 3.8) is 0 Å². The SMILES string of the molecule is Brc1ccc(Br)c(N=C(c2ccc(N=C(c3ccc(N=C(c4ccccc4)c4ccccc4)cc3)c3ccc(N=C(c4ccccc4)c4ccccc4)cc3)cc2)c2ccc(N=C(c3ccc(N=C(c4ccccc4)c4ccccc4)cc3)c3ccc(N=C(c4ccccc4)c4ccccc4)cc3)cc2)c1. The van der Waals surface area contributed by atoms with Gasteiger partial charge >= 0.3 is 0 Å². The average Bonchev–Trinajstić information content (AvgIpc) is 0.808. The third-order valence-electron chi connectivity index (χ3n) is 17.8. The highest BCUT2D eigenvalue weighted by Crippen LogP contribution is 2.34. The standard InChI is InChI=1S/C97H67Br2N7/c98-82-53-66-89(99)90(67-82)106-97(80-49-62-87(63-50-80)104-95(76-41-54-83(55-42-76)100-91(68-25-9-1-10-26-68)69-27-11-2-12-28-69)77-43-56-84(57-44-77)101-92(70-29-13-3-14-30-70)71-31-15-4-16-32-71)81-51-64-88(65-52-81)105-96(78-45-58-85(59-46-78)102-93(72-33-17-5-18-34-72)73-35-19-6-20-36-73)79-47-60-86(61-48-79)103-94(74-37-21-7-22-38-74)75-39-23-8-24-40-75/h1-67H. The minimum Gasteiger partial charge on any atom is -0.248 e. The van der Waals surface area contributed by atoms with Gasteiger partial charge in [0.2, 0.25) is 0 Å². The van der Waals surface area contributed by atoms with Gasteiger partial charge in [-0.05, 0) is 107 Å². The number of hydrogen-bond acceptors (Lipinski definition) is 7. The molecule has 0 spiro atoms. The molecule has 0 N–H and O–H groups in total. The third kappa shape index (κ3) is 17.0. The Morgan fingerprint density at radius 2 is 0.302 bits per heavy atom. The second-order valence-corrected chi connectivity index (χ2v) is 26.8. The maximum Gasteiger partial charge on any atom is 0.0790 e. The van der Waals surface area contributed by atoms with Crippen molar-refractivity contribution in [1.82, 2.24) is 0 Å². The van der Waals surface area contributed by atoms with E-state index in [2.05, 4.69) is 275 Å². The molecule has 0 aliphatic carbocycles. The Hall–Kier alpha value is -13.1. The molecule has 0 fully saturated rings. The summed E-state index contributed by atoms with van der Waals surface area (Å²) in [4.78, 5) is 37.4. The van der Waals surface area contributed by atoms with Crippen LogP contribution in [0.5, 0.6) is 0 Å². The second kappa shape index (κ2) is 33.4. The largest absolute Gasteiger partial charge is 0.248 e. The summed E-state index contributed by atoms with van der Waals surface area (Å²) in [6, 6.07) is 139. The molecule has 15 aromatic rings. The molecule has 0 bridgehead atoms. The molecule has 0 amide bonds. The number of halogens is 2. The van der Waals surface area contributed by atoms with Gasteiger partial charge in [0.1, 0.15) is 0 Å². The van der Waals surface area contributed by atoms with E-state index in [1.54, 1.807) is 0 Å². The Morgan fingerprint density at radius 1 is 0.151 bits per heavy atom. The van der Waals surface area contributed by atoms with Gasteiger partial charge in [0.25, 0.3) is 0 Å². The molecular weight excluding hydrogens is 1420 g/mol. The van der Waals surface area contributed by atoms with E-state index in [0.29, 0.717) is 0 Å². The van der Waals surface area contributed by atoms with E-state index >= 15 is 0 Å². The molecule has 7 nitrogen and oxygen atoms in total. The molecule has 0 saturated heterocycles. The van der Waals surface area contributed by atoms with Gasteiger partial charge in [-0.3, -0.25) is 0 Å². The average molecular weight is 1490 g/mol. The van der Waals surface area contributed by atoms with Crippen molar-refractivity contribution in [3.8, 4) is 0 Å². The molecule has 0 radical (unpaired) electrons. The van der Waals surface area contributed by atoms with E-state index in [-0.39, 0.29) is 0 Å². The predicted octanol–water partition coefficient (Wildman–Crippen LogP) is 25.4. The molecule has 0 atom stereocenters. The van der Waals surface area contributed by atoms with Gasteiger partial charge in [-0.2, -0.15) is 0 Å². The van der Waals surface area contributed by atoms with E-state index in [0.717, 1.165) is 167 Å². The van der Waals surface area contributed by atoms with Crippen LogP contribution >= 0.6 is 31.9 Å². The van der Waals surface area contributed by atoms with Gasteiger partial charge in [-0.25, -0.2) is 34.9 Å². The quantitative estimate of drug-likeness (QED) is 0.0642. The zero-order valence-electron chi connectivity index (χ0n) is 57.6. The molecule has 15 rings (SSSR count). The van der Waals surface area contributed by atoms with E-state index in [1.807, 2.05) is 164 Å². The molecule has 0 saturated carbocycles. The van der Waals surface area contributed by atoms with Crippen LogP contribution in [0.4, 0.5) is 39.8 Å². The van der Waals surface area contributed by atoms with Gasteiger partial charge < -0.3 is 0 Å². The molecular formula is C97H67Br2N7.